The van der Waals surface area contributed by atoms with Crippen LogP contribution in [0, 0.1) is 0 Å². The highest BCUT2D eigenvalue weighted by molar-refractivity contribution is 5.80. The fourth-order valence-corrected chi connectivity index (χ4v) is 1.81. The number of aliphatic carboxylic acids is 1. The van der Waals surface area contributed by atoms with Crippen molar-refractivity contribution in [3.8, 4) is 0 Å². The fraction of sp³-hybridized carbons (Fsp3) is 0.625. The highest BCUT2D eigenvalue weighted by Crippen LogP contribution is 2.12. The van der Waals surface area contributed by atoms with Crippen molar-refractivity contribution in [2.24, 2.45) is 0 Å². The van der Waals surface area contributed by atoms with Crippen LogP contribution >= 0.6 is 0 Å². The Morgan fingerprint density at radius 1 is 1.16 bits per heavy atom. The summed E-state index contributed by atoms with van der Waals surface area (Å²) in [4.78, 5) is 39.2. The van der Waals surface area contributed by atoms with Crippen LogP contribution in [0.4, 0.5) is 9.59 Å². The monoisotopic (exact) mass is 355 g/mol. The second-order valence-electron chi connectivity index (χ2n) is 7.48. The number of ether oxygens (including phenoxy) is 2. The van der Waals surface area contributed by atoms with Gasteiger partial charge in [0.2, 0.25) is 0 Å². The lowest BCUT2D eigenvalue weighted by atomic mass is 10.1. The van der Waals surface area contributed by atoms with Gasteiger partial charge in [0.25, 0.3) is 0 Å². The second-order valence-corrected chi connectivity index (χ2v) is 7.48. The van der Waals surface area contributed by atoms with E-state index in [0.717, 1.165) is 4.57 Å². The lowest BCUT2D eigenvalue weighted by Crippen LogP contribution is -2.45. The smallest absolute Gasteiger partial charge is 0.420 e. The topological polar surface area (TPSA) is 120 Å². The summed E-state index contributed by atoms with van der Waals surface area (Å²) in [6.45, 7) is 10.1. The van der Waals surface area contributed by atoms with Crippen LogP contribution in [-0.4, -0.2) is 50.1 Å². The van der Waals surface area contributed by atoms with Gasteiger partial charge in [-0.25, -0.2) is 23.9 Å². The largest absolute Gasteiger partial charge is 0.480 e. The van der Waals surface area contributed by atoms with Crippen LogP contribution in [0.3, 0.4) is 0 Å². The Morgan fingerprint density at radius 2 is 1.72 bits per heavy atom. The summed E-state index contributed by atoms with van der Waals surface area (Å²) in [7, 11) is 0. The molecule has 9 nitrogen and oxygen atoms in total. The summed E-state index contributed by atoms with van der Waals surface area (Å²) >= 11 is 0. The minimum Gasteiger partial charge on any atom is -0.480 e. The van der Waals surface area contributed by atoms with E-state index in [4.69, 9.17) is 9.47 Å². The molecule has 140 valence electrons. The summed E-state index contributed by atoms with van der Waals surface area (Å²) in [6.07, 6.45) is 0.880. The van der Waals surface area contributed by atoms with Gasteiger partial charge in [0.05, 0.1) is 5.69 Å². The van der Waals surface area contributed by atoms with Crippen LogP contribution in [0.5, 0.6) is 0 Å². The summed E-state index contributed by atoms with van der Waals surface area (Å²) < 4.78 is 11.4. The molecule has 0 radical (unpaired) electrons. The second kappa shape index (κ2) is 7.54. The zero-order valence-corrected chi connectivity index (χ0v) is 15.3. The molecule has 1 rings (SSSR count). The Bertz CT molecular complexity index is 639. The van der Waals surface area contributed by atoms with Crippen LogP contribution in [0.25, 0.3) is 0 Å². The van der Waals surface area contributed by atoms with Crippen molar-refractivity contribution < 1.29 is 29.0 Å². The van der Waals surface area contributed by atoms with E-state index in [1.54, 1.807) is 41.5 Å². The molecule has 9 heteroatoms. The summed E-state index contributed by atoms with van der Waals surface area (Å²) in [5.41, 5.74) is -1.18. The van der Waals surface area contributed by atoms with E-state index in [-0.39, 0.29) is 12.1 Å². The molecular formula is C16H25N3O6. The van der Waals surface area contributed by atoms with Gasteiger partial charge in [-0.15, -0.1) is 0 Å². The maximum atomic E-state index is 12.1. The lowest BCUT2D eigenvalue weighted by Gasteiger charge is -2.22. The molecule has 25 heavy (non-hydrogen) atoms. The van der Waals surface area contributed by atoms with Crippen LogP contribution in [0.2, 0.25) is 0 Å². The molecule has 1 aromatic heterocycles. The minimum absolute atomic E-state index is 0.159. The number of alkyl carbamates (subject to hydrolysis) is 1. The van der Waals surface area contributed by atoms with Crippen molar-refractivity contribution in [1.82, 2.24) is 14.9 Å². The van der Waals surface area contributed by atoms with Gasteiger partial charge in [-0.05, 0) is 41.5 Å². The number of imidazole rings is 1. The molecule has 0 bridgehead atoms. The number of nitrogens with zero attached hydrogens (tertiary/aromatic N) is 2. The van der Waals surface area contributed by atoms with Gasteiger partial charge in [0.15, 0.2) is 0 Å². The zero-order valence-electron chi connectivity index (χ0n) is 15.3. The molecule has 2 N–H and O–H groups in total. The highest BCUT2D eigenvalue weighted by atomic mass is 16.6. The number of aromatic nitrogens is 2. The third kappa shape index (κ3) is 7.23. The predicted molar refractivity (Wildman–Crippen MR) is 88.4 cm³/mol. The van der Waals surface area contributed by atoms with Crippen molar-refractivity contribution in [2.45, 2.75) is 65.2 Å². The fourth-order valence-electron chi connectivity index (χ4n) is 1.81. The summed E-state index contributed by atoms with van der Waals surface area (Å²) in [6, 6.07) is -1.28. The van der Waals surface area contributed by atoms with Crippen molar-refractivity contribution in [1.29, 1.82) is 0 Å². The molecule has 1 heterocycles. The van der Waals surface area contributed by atoms with Gasteiger partial charge >= 0.3 is 18.2 Å². The first-order valence-corrected chi connectivity index (χ1v) is 7.75. The number of nitrogens with one attached hydrogen (secondary N) is 1. The van der Waals surface area contributed by atoms with E-state index in [1.807, 2.05) is 0 Å². The maximum absolute atomic E-state index is 12.1. The molecule has 0 aliphatic rings. The van der Waals surface area contributed by atoms with Crippen LogP contribution in [0.1, 0.15) is 47.2 Å². The molecular weight excluding hydrogens is 330 g/mol. The Kier molecular flexibility index (Phi) is 6.17. The number of amides is 1. The van der Waals surface area contributed by atoms with E-state index >= 15 is 0 Å². The number of carboxylic acid groups (broad SMARTS) is 1. The molecule has 1 aromatic rings. The van der Waals surface area contributed by atoms with Crippen molar-refractivity contribution in [3.63, 3.8) is 0 Å². The third-order valence-electron chi connectivity index (χ3n) is 2.71. The summed E-state index contributed by atoms with van der Waals surface area (Å²) in [5.74, 6) is -1.26. The quantitative estimate of drug-likeness (QED) is 0.849. The number of carbonyl (C=O) groups excluding carboxylic acids is 2. The van der Waals surface area contributed by atoms with Crippen molar-refractivity contribution in [2.75, 3.05) is 0 Å². The number of carbonyl (C=O) groups is 3. The standard InChI is InChI=1S/C16H25N3O6/c1-15(2,3)24-13(22)18-11(12(20)21)7-10-8-17-9-19(10)14(23)25-16(4,5)6/h8-9,11H,7H2,1-6H3,(H,18,22)(H,20,21). The average Bonchev–Trinajstić information content (AvgIpc) is 2.81. The van der Waals surface area contributed by atoms with Gasteiger partial charge in [-0.3, -0.25) is 0 Å². The Hall–Kier alpha value is -2.58. The van der Waals surface area contributed by atoms with Gasteiger partial charge in [0, 0.05) is 12.6 Å². The van der Waals surface area contributed by atoms with Crippen molar-refractivity contribution in [3.05, 3.63) is 18.2 Å². The van der Waals surface area contributed by atoms with Crippen LogP contribution in [-0.2, 0) is 20.7 Å². The maximum Gasteiger partial charge on any atom is 0.420 e. The first-order valence-electron chi connectivity index (χ1n) is 7.75. The van der Waals surface area contributed by atoms with Gasteiger partial charge < -0.3 is 19.9 Å². The lowest BCUT2D eigenvalue weighted by molar-refractivity contribution is -0.139. The number of hydrogen-bond donors (Lipinski definition) is 2. The van der Waals surface area contributed by atoms with E-state index in [1.165, 1.54) is 12.5 Å². The Morgan fingerprint density at radius 3 is 2.20 bits per heavy atom. The minimum atomic E-state index is -1.28. The predicted octanol–water partition coefficient (Wildman–Crippen LogP) is 2.19. The third-order valence-corrected chi connectivity index (χ3v) is 2.71. The van der Waals surface area contributed by atoms with E-state index < -0.39 is 35.4 Å². The van der Waals surface area contributed by atoms with Crippen LogP contribution in [0.15, 0.2) is 12.5 Å². The molecule has 0 saturated carbocycles. The number of hydrogen-bond acceptors (Lipinski definition) is 6. The average molecular weight is 355 g/mol. The SMILES string of the molecule is CC(C)(C)OC(=O)NC(Cc1cncn1C(=O)OC(C)(C)C)C(=O)O. The van der Waals surface area contributed by atoms with Gasteiger partial charge in [0.1, 0.15) is 23.6 Å². The van der Waals surface area contributed by atoms with E-state index in [0.29, 0.717) is 0 Å². The van der Waals surface area contributed by atoms with Gasteiger partial charge in [-0.1, -0.05) is 0 Å². The molecule has 0 fully saturated rings. The Balaban J connectivity index is 2.87. The molecule has 0 aliphatic carbocycles. The van der Waals surface area contributed by atoms with Crippen molar-refractivity contribution >= 4 is 18.2 Å². The molecule has 0 aliphatic heterocycles. The van der Waals surface area contributed by atoms with E-state index in [9.17, 15) is 19.5 Å². The zero-order chi connectivity index (χ0) is 19.4. The van der Waals surface area contributed by atoms with Crippen LogP contribution < -0.4 is 5.32 Å². The Labute approximate surface area is 146 Å². The first kappa shape index (κ1) is 20.5. The molecule has 1 unspecified atom stereocenters. The molecule has 1 atom stereocenters. The molecule has 0 spiro atoms. The highest BCUT2D eigenvalue weighted by Gasteiger charge is 2.27. The summed E-state index contributed by atoms with van der Waals surface area (Å²) in [5, 5.41) is 11.6. The molecule has 0 saturated heterocycles. The molecule has 1 amide bonds. The molecule has 0 aromatic carbocycles. The normalized spacial score (nSPS) is 13.0. The number of carboxylic acids is 1. The van der Waals surface area contributed by atoms with Gasteiger partial charge in [-0.2, -0.15) is 0 Å². The van der Waals surface area contributed by atoms with E-state index in [2.05, 4.69) is 10.3 Å². The number of rotatable bonds is 4. The first-order chi connectivity index (χ1) is 11.3.